The Labute approximate surface area is 210 Å². The molecule has 1 aromatic heterocycles. The second kappa shape index (κ2) is 11.7. The van der Waals surface area contributed by atoms with Crippen molar-refractivity contribution in [1.82, 2.24) is 9.88 Å². The highest BCUT2D eigenvalue weighted by molar-refractivity contribution is 5.87. The molecule has 0 unspecified atom stereocenters. The number of para-hydroxylation sites is 1. The zero-order chi connectivity index (χ0) is 26.3. The second-order valence-corrected chi connectivity index (χ2v) is 8.94. The summed E-state index contributed by atoms with van der Waals surface area (Å²) in [5.41, 5.74) is 1.28. The summed E-state index contributed by atoms with van der Waals surface area (Å²) in [6.07, 6.45) is -0.610. The Morgan fingerprint density at radius 2 is 1.67 bits per heavy atom. The van der Waals surface area contributed by atoms with Gasteiger partial charge in [0.25, 0.3) is 0 Å². The minimum atomic E-state index is -1.44. The molecule has 0 aliphatic rings. The van der Waals surface area contributed by atoms with Gasteiger partial charge in [0.2, 0.25) is 0 Å². The van der Waals surface area contributed by atoms with Gasteiger partial charge < -0.3 is 29.2 Å². The molecular weight excluding hydrogens is 464 g/mol. The van der Waals surface area contributed by atoms with Crippen LogP contribution < -0.4 is 5.32 Å². The molecule has 9 heteroatoms. The van der Waals surface area contributed by atoms with Gasteiger partial charge in [-0.2, -0.15) is 0 Å². The molecule has 2 atom stereocenters. The quantitative estimate of drug-likeness (QED) is 0.324. The Balaban J connectivity index is 1.90. The maximum atomic E-state index is 12.8. The molecule has 0 aliphatic heterocycles. The van der Waals surface area contributed by atoms with Crippen LogP contribution in [0.25, 0.3) is 10.9 Å². The fraction of sp³-hybridized carbons (Fsp3) is 0.370. The smallest absolute Gasteiger partial charge is 0.408 e. The van der Waals surface area contributed by atoms with Crippen molar-refractivity contribution >= 4 is 28.9 Å². The van der Waals surface area contributed by atoms with E-state index in [-0.39, 0.29) is 19.8 Å². The molecule has 0 spiro atoms. The lowest BCUT2D eigenvalue weighted by molar-refractivity contribution is -0.148. The van der Waals surface area contributed by atoms with Crippen molar-refractivity contribution in [3.05, 3.63) is 71.9 Å². The molecule has 1 amide bonds. The summed E-state index contributed by atoms with van der Waals surface area (Å²) in [6, 6.07) is 15.0. The first-order chi connectivity index (χ1) is 17.1. The Morgan fingerprint density at radius 1 is 1.00 bits per heavy atom. The number of ether oxygens (including phenoxy) is 3. The number of amides is 1. The molecule has 3 rings (SSSR count). The van der Waals surface area contributed by atoms with Gasteiger partial charge in [-0.25, -0.2) is 9.59 Å². The molecule has 0 saturated heterocycles. The van der Waals surface area contributed by atoms with Gasteiger partial charge in [0, 0.05) is 29.6 Å². The number of rotatable bonds is 10. The SMILES string of the molecule is CCOC(=O)[C@@H](NC(=O)OCc1ccccc1)[C@H](O)c1cn(C(C)(C)COC(C)=O)c2ccccc12. The summed E-state index contributed by atoms with van der Waals surface area (Å²) in [5.74, 6) is -1.20. The Kier molecular flexibility index (Phi) is 8.71. The largest absolute Gasteiger partial charge is 0.464 e. The zero-order valence-electron chi connectivity index (χ0n) is 20.9. The van der Waals surface area contributed by atoms with Crippen molar-refractivity contribution in [2.24, 2.45) is 0 Å². The van der Waals surface area contributed by atoms with E-state index in [1.54, 1.807) is 25.3 Å². The van der Waals surface area contributed by atoms with Crippen LogP contribution in [0.15, 0.2) is 60.8 Å². The van der Waals surface area contributed by atoms with Crippen LogP contribution in [0.4, 0.5) is 4.79 Å². The van der Waals surface area contributed by atoms with Crippen LogP contribution >= 0.6 is 0 Å². The van der Waals surface area contributed by atoms with Crippen molar-refractivity contribution in [1.29, 1.82) is 0 Å². The van der Waals surface area contributed by atoms with E-state index in [0.29, 0.717) is 10.9 Å². The summed E-state index contributed by atoms with van der Waals surface area (Å²) in [5, 5.41) is 14.5. The number of hydrogen-bond acceptors (Lipinski definition) is 7. The number of fused-ring (bicyclic) bond motifs is 1. The highest BCUT2D eigenvalue weighted by atomic mass is 16.6. The maximum Gasteiger partial charge on any atom is 0.408 e. The van der Waals surface area contributed by atoms with E-state index in [9.17, 15) is 19.5 Å². The summed E-state index contributed by atoms with van der Waals surface area (Å²) in [7, 11) is 0. The van der Waals surface area contributed by atoms with Crippen LogP contribution in [0.2, 0.25) is 0 Å². The summed E-state index contributed by atoms with van der Waals surface area (Å²) in [6.45, 7) is 6.93. The molecule has 0 aliphatic carbocycles. The Bertz CT molecular complexity index is 1200. The first-order valence-electron chi connectivity index (χ1n) is 11.7. The Morgan fingerprint density at radius 3 is 2.33 bits per heavy atom. The van der Waals surface area contributed by atoms with Crippen LogP contribution in [-0.2, 0) is 35.9 Å². The predicted molar refractivity (Wildman–Crippen MR) is 133 cm³/mol. The number of alkyl carbamates (subject to hydrolysis) is 1. The number of esters is 2. The average molecular weight is 497 g/mol. The fourth-order valence-corrected chi connectivity index (χ4v) is 3.86. The van der Waals surface area contributed by atoms with Gasteiger partial charge >= 0.3 is 18.0 Å². The monoisotopic (exact) mass is 496 g/mol. The van der Waals surface area contributed by atoms with Gasteiger partial charge in [0.05, 0.1) is 12.1 Å². The van der Waals surface area contributed by atoms with Gasteiger partial charge in [0.1, 0.15) is 19.3 Å². The van der Waals surface area contributed by atoms with Gasteiger partial charge in [-0.15, -0.1) is 0 Å². The van der Waals surface area contributed by atoms with Gasteiger partial charge in [-0.1, -0.05) is 48.5 Å². The number of nitrogens with one attached hydrogen (secondary N) is 1. The average Bonchev–Trinajstić information content (AvgIpc) is 3.26. The number of nitrogens with zero attached hydrogens (tertiary/aromatic N) is 1. The lowest BCUT2D eigenvalue weighted by atomic mass is 10.0. The highest BCUT2D eigenvalue weighted by Gasteiger charge is 2.35. The number of aliphatic hydroxyl groups is 1. The van der Waals surface area contributed by atoms with Crippen LogP contribution in [0.5, 0.6) is 0 Å². The fourth-order valence-electron chi connectivity index (χ4n) is 3.86. The first-order valence-corrected chi connectivity index (χ1v) is 11.7. The van der Waals surface area contributed by atoms with Gasteiger partial charge in [-0.05, 0) is 32.4 Å². The van der Waals surface area contributed by atoms with E-state index in [2.05, 4.69) is 5.32 Å². The number of carbonyl (C=O) groups is 3. The van der Waals surface area contributed by atoms with Gasteiger partial charge in [0.15, 0.2) is 6.04 Å². The van der Waals surface area contributed by atoms with Crippen LogP contribution in [-0.4, -0.2) is 47.0 Å². The minimum absolute atomic E-state index is 0.00194. The molecule has 2 aromatic carbocycles. The molecule has 3 aromatic rings. The lowest BCUT2D eigenvalue weighted by Gasteiger charge is -2.27. The summed E-state index contributed by atoms with van der Waals surface area (Å²) >= 11 is 0. The van der Waals surface area contributed by atoms with Gasteiger partial charge in [-0.3, -0.25) is 4.79 Å². The first kappa shape index (κ1) is 26.7. The maximum absolute atomic E-state index is 12.8. The van der Waals surface area contributed by atoms with E-state index >= 15 is 0 Å². The predicted octanol–water partition coefficient (Wildman–Crippen LogP) is 3.83. The normalized spacial score (nSPS) is 13.0. The van der Waals surface area contributed by atoms with Crippen LogP contribution in [0, 0.1) is 0 Å². The molecule has 1 heterocycles. The number of aromatic nitrogens is 1. The number of benzene rings is 2. The third-order valence-corrected chi connectivity index (χ3v) is 5.68. The standard InChI is InChI=1S/C27H32N2O7/c1-5-34-25(32)23(28-26(33)35-16-19-11-7-6-8-12-19)24(31)21-15-29(22-14-10-9-13-20(21)22)27(3,4)17-36-18(2)30/h6-15,23-24,31H,5,16-17H2,1-4H3,(H,28,33)/t23-,24+/m0/s1. The zero-order valence-corrected chi connectivity index (χ0v) is 20.9. The molecule has 9 nitrogen and oxygen atoms in total. The minimum Gasteiger partial charge on any atom is -0.464 e. The molecule has 0 saturated carbocycles. The molecular formula is C27H32N2O7. The topological polar surface area (TPSA) is 116 Å². The summed E-state index contributed by atoms with van der Waals surface area (Å²) in [4.78, 5) is 36.7. The van der Waals surface area contributed by atoms with Crippen LogP contribution in [0.1, 0.15) is 44.9 Å². The third kappa shape index (κ3) is 6.42. The molecule has 192 valence electrons. The van der Waals surface area contributed by atoms with Crippen molar-refractivity contribution in [2.75, 3.05) is 13.2 Å². The van der Waals surface area contributed by atoms with E-state index in [0.717, 1.165) is 11.1 Å². The van der Waals surface area contributed by atoms with Crippen molar-refractivity contribution in [3.8, 4) is 0 Å². The third-order valence-electron chi connectivity index (χ3n) is 5.68. The molecule has 0 bridgehead atoms. The molecule has 36 heavy (non-hydrogen) atoms. The van der Waals surface area contributed by atoms with Crippen molar-refractivity contribution in [2.45, 2.75) is 52.0 Å². The molecule has 2 N–H and O–H groups in total. The van der Waals surface area contributed by atoms with E-state index in [1.165, 1.54) is 6.92 Å². The molecule has 0 radical (unpaired) electrons. The Hall–Kier alpha value is -3.85. The number of hydrogen-bond donors (Lipinski definition) is 2. The van der Waals surface area contributed by atoms with Crippen LogP contribution in [0.3, 0.4) is 0 Å². The lowest BCUT2D eigenvalue weighted by Crippen LogP contribution is -2.46. The number of carbonyl (C=O) groups excluding carboxylic acids is 3. The highest BCUT2D eigenvalue weighted by Crippen LogP contribution is 2.33. The van der Waals surface area contributed by atoms with E-state index < -0.39 is 35.7 Å². The number of aliphatic hydroxyl groups excluding tert-OH is 1. The van der Waals surface area contributed by atoms with E-state index in [4.69, 9.17) is 14.2 Å². The van der Waals surface area contributed by atoms with E-state index in [1.807, 2.05) is 60.9 Å². The summed E-state index contributed by atoms with van der Waals surface area (Å²) < 4.78 is 17.5. The van der Waals surface area contributed by atoms with Crippen molar-refractivity contribution in [3.63, 3.8) is 0 Å². The molecule has 0 fully saturated rings. The van der Waals surface area contributed by atoms with Crippen molar-refractivity contribution < 1.29 is 33.7 Å². The second-order valence-electron chi connectivity index (χ2n) is 8.94.